The summed E-state index contributed by atoms with van der Waals surface area (Å²) >= 11 is 0. The minimum atomic E-state index is -1.84. The van der Waals surface area contributed by atoms with Crippen LogP contribution in [-0.4, -0.2) is 143 Å². The quantitative estimate of drug-likeness (QED) is 0.163. The monoisotopic (exact) mass is 754 g/mol. The molecular formula is C40H68NO12+. The molecule has 0 spiro atoms. The van der Waals surface area contributed by atoms with E-state index in [-0.39, 0.29) is 25.0 Å². The predicted octanol–water partition coefficient (Wildman–Crippen LogP) is 3.04. The van der Waals surface area contributed by atoms with Gasteiger partial charge < -0.3 is 58.1 Å². The molecule has 3 fully saturated rings. The van der Waals surface area contributed by atoms with Crippen LogP contribution in [0.15, 0.2) is 11.3 Å². The summed E-state index contributed by atoms with van der Waals surface area (Å²) in [5.41, 5.74) is -3.08. The Kier molecular flexibility index (Phi) is 13.5. The Morgan fingerprint density at radius 1 is 1.00 bits per heavy atom. The van der Waals surface area contributed by atoms with Crippen molar-refractivity contribution in [2.75, 3.05) is 27.7 Å². The van der Waals surface area contributed by atoms with Crippen LogP contribution in [0.3, 0.4) is 0 Å². The van der Waals surface area contributed by atoms with Gasteiger partial charge in [0.05, 0.1) is 50.0 Å². The predicted molar refractivity (Wildman–Crippen MR) is 196 cm³/mol. The number of cyclic esters (lactones) is 1. The van der Waals surface area contributed by atoms with E-state index in [1.165, 1.54) is 14.0 Å². The van der Waals surface area contributed by atoms with Crippen molar-refractivity contribution in [3.05, 3.63) is 11.3 Å². The maximum atomic E-state index is 14.2. The van der Waals surface area contributed by atoms with Crippen molar-refractivity contribution in [1.82, 2.24) is 0 Å². The van der Waals surface area contributed by atoms with Crippen molar-refractivity contribution >= 4 is 5.97 Å². The third-order valence-electron chi connectivity index (χ3n) is 12.7. The number of quaternary nitrogens is 1. The van der Waals surface area contributed by atoms with E-state index < -0.39 is 95.8 Å². The average molecular weight is 755 g/mol. The number of terminal acetylenes is 1. The Balaban J connectivity index is 1.85. The molecule has 4 rings (SSSR count). The van der Waals surface area contributed by atoms with Gasteiger partial charge in [-0.15, -0.1) is 6.42 Å². The Labute approximate surface area is 316 Å². The van der Waals surface area contributed by atoms with Gasteiger partial charge in [-0.2, -0.15) is 0 Å². The van der Waals surface area contributed by atoms with E-state index >= 15 is 0 Å². The molecule has 17 atom stereocenters. The Hall–Kier alpha value is -1.83. The summed E-state index contributed by atoms with van der Waals surface area (Å²) in [7, 11) is 5.47. The van der Waals surface area contributed by atoms with Crippen LogP contribution in [0.2, 0.25) is 0 Å². The molecule has 2 bridgehead atoms. The molecule has 304 valence electrons. The van der Waals surface area contributed by atoms with Gasteiger partial charge in [0.2, 0.25) is 0 Å². The molecule has 0 aromatic heterocycles. The zero-order valence-electron chi connectivity index (χ0n) is 34.2. The SMILES string of the molecule is C#CC[N+](C)(C)[C@H]1C[C@@H](C)O[C@H](OC2C(C)[C@H](O[C@@H]3C[C@@](C)(OC)[C@@H](O)[C@H](C)O3)C(C)C(=O)OC(CC)[C@@](C)(O)[C@H](O)[C@H](C)C3=C(C)C[C@]2(C)O3)[C@@H]1O. The van der Waals surface area contributed by atoms with Crippen molar-refractivity contribution in [2.24, 2.45) is 17.8 Å². The topological polar surface area (TPSA) is 163 Å². The summed E-state index contributed by atoms with van der Waals surface area (Å²) < 4.78 is 45.3. The van der Waals surface area contributed by atoms with Gasteiger partial charge >= 0.3 is 5.97 Å². The van der Waals surface area contributed by atoms with Crippen molar-refractivity contribution in [1.29, 1.82) is 0 Å². The summed E-state index contributed by atoms with van der Waals surface area (Å²) in [5, 5.41) is 46.4. The maximum absolute atomic E-state index is 14.2. The van der Waals surface area contributed by atoms with Gasteiger partial charge in [0.15, 0.2) is 18.7 Å². The molecule has 0 amide bonds. The van der Waals surface area contributed by atoms with Crippen molar-refractivity contribution in [2.45, 2.75) is 179 Å². The van der Waals surface area contributed by atoms with Gasteiger partial charge in [0.1, 0.15) is 47.9 Å². The molecule has 4 aliphatic rings. The number of methoxy groups -OCH3 is 1. The molecule has 3 saturated heterocycles. The molecule has 0 aromatic carbocycles. The van der Waals surface area contributed by atoms with Gasteiger partial charge in [-0.1, -0.05) is 20.8 Å². The highest BCUT2D eigenvalue weighted by molar-refractivity contribution is 5.73. The molecule has 4 unspecified atom stereocenters. The number of hydrogen-bond donors (Lipinski definition) is 4. The third-order valence-corrected chi connectivity index (χ3v) is 12.7. The molecule has 13 heteroatoms. The van der Waals surface area contributed by atoms with Crippen molar-refractivity contribution in [3.63, 3.8) is 0 Å². The fourth-order valence-corrected chi connectivity index (χ4v) is 9.26. The zero-order chi connectivity index (χ0) is 40.0. The fourth-order valence-electron chi connectivity index (χ4n) is 9.26. The van der Waals surface area contributed by atoms with Crippen molar-refractivity contribution in [3.8, 4) is 12.3 Å². The number of fused-ring (bicyclic) bond motifs is 2. The van der Waals surface area contributed by atoms with E-state index in [1.54, 1.807) is 34.6 Å². The van der Waals surface area contributed by atoms with Crippen LogP contribution in [-0.2, 0) is 38.0 Å². The second-order valence-electron chi connectivity index (χ2n) is 17.5. The van der Waals surface area contributed by atoms with Gasteiger partial charge in [0, 0.05) is 38.2 Å². The minimum Gasteiger partial charge on any atom is -0.489 e. The Morgan fingerprint density at radius 3 is 2.23 bits per heavy atom. The van der Waals surface area contributed by atoms with Crippen LogP contribution in [0.5, 0.6) is 0 Å². The van der Waals surface area contributed by atoms with Gasteiger partial charge in [0.25, 0.3) is 0 Å². The lowest BCUT2D eigenvalue weighted by Crippen LogP contribution is -2.64. The lowest BCUT2D eigenvalue weighted by atomic mass is 9.78. The van der Waals surface area contributed by atoms with E-state index in [2.05, 4.69) is 5.92 Å². The van der Waals surface area contributed by atoms with E-state index in [0.717, 1.165) is 5.57 Å². The van der Waals surface area contributed by atoms with E-state index in [0.29, 0.717) is 29.6 Å². The molecule has 4 aliphatic heterocycles. The summed E-state index contributed by atoms with van der Waals surface area (Å²) in [6, 6.07) is -0.308. The standard InChI is InChI=1S/C40H68NO12/c1-15-17-41(12,13)27-18-22(4)48-37(30(27)42)52-35-24(6)32(51-29-20-38(9,47-14)34(44)26(8)49-29)25(7)36(45)50-28(16-2)40(11,46)33(43)23(5)31-21(3)19-39(35,10)53-31/h1,22-30,32-35,37,42-44,46H,16-20H2,2-14H3/q+1/t22-,23-,24?,25?,26+,27+,28?,29-,30-,32+,33-,34+,35?,37-,38-,39+,40-/m1/s1. The second-order valence-corrected chi connectivity index (χ2v) is 17.5. The van der Waals surface area contributed by atoms with E-state index in [1.807, 2.05) is 41.8 Å². The first kappa shape index (κ1) is 43.9. The number of rotatable bonds is 8. The highest BCUT2D eigenvalue weighted by Crippen LogP contribution is 2.47. The van der Waals surface area contributed by atoms with Crippen LogP contribution < -0.4 is 0 Å². The van der Waals surface area contributed by atoms with E-state index in [9.17, 15) is 25.2 Å². The zero-order valence-corrected chi connectivity index (χ0v) is 34.2. The summed E-state index contributed by atoms with van der Waals surface area (Å²) in [6.07, 6.45) is -2.11. The summed E-state index contributed by atoms with van der Waals surface area (Å²) in [5.74, 6) is 0.309. The first-order chi connectivity index (χ1) is 24.5. The lowest BCUT2D eigenvalue weighted by molar-refractivity contribution is -0.915. The molecule has 0 aliphatic carbocycles. The molecule has 4 N–H and O–H groups in total. The highest BCUT2D eigenvalue weighted by atomic mass is 16.7. The number of likely N-dealkylation sites (N-methyl/N-ethyl adjacent to an activating group) is 1. The first-order valence-electron chi connectivity index (χ1n) is 19.3. The number of aliphatic hydroxyl groups is 4. The number of esters is 1. The molecule has 4 heterocycles. The largest absolute Gasteiger partial charge is 0.489 e. The highest BCUT2D eigenvalue weighted by Gasteiger charge is 2.57. The maximum Gasteiger partial charge on any atom is 0.311 e. The van der Waals surface area contributed by atoms with Crippen LogP contribution in [0, 0.1) is 30.1 Å². The van der Waals surface area contributed by atoms with E-state index in [4.69, 9.17) is 39.6 Å². The Morgan fingerprint density at radius 2 is 1.64 bits per heavy atom. The van der Waals surface area contributed by atoms with Gasteiger partial charge in [-0.25, -0.2) is 0 Å². The average Bonchev–Trinajstić information content (AvgIpc) is 3.40. The molecule has 0 aromatic rings. The van der Waals surface area contributed by atoms with Gasteiger partial charge in [-0.3, -0.25) is 4.79 Å². The molecule has 0 saturated carbocycles. The van der Waals surface area contributed by atoms with Crippen LogP contribution in [0.4, 0.5) is 0 Å². The van der Waals surface area contributed by atoms with Crippen LogP contribution in [0.1, 0.15) is 94.9 Å². The number of ether oxygens (including phenoxy) is 7. The molecular weight excluding hydrogens is 686 g/mol. The van der Waals surface area contributed by atoms with Gasteiger partial charge in [-0.05, 0) is 66.4 Å². The number of carbonyl (C=O) groups is 1. The Bertz CT molecular complexity index is 1360. The normalized spacial score (nSPS) is 47.4. The number of carbonyl (C=O) groups excluding carboxylic acids is 1. The summed E-state index contributed by atoms with van der Waals surface area (Å²) in [6.45, 7) is 18.3. The first-order valence-corrected chi connectivity index (χ1v) is 19.3. The second kappa shape index (κ2) is 16.3. The minimum absolute atomic E-state index is 0.159. The lowest BCUT2D eigenvalue weighted by Gasteiger charge is -2.49. The number of aliphatic hydroxyl groups excluding tert-OH is 3. The molecule has 0 radical (unpaired) electrons. The third kappa shape index (κ3) is 8.63. The summed E-state index contributed by atoms with van der Waals surface area (Å²) in [4.78, 5) is 14.2. The number of hydrogen-bond acceptors (Lipinski definition) is 12. The molecule has 53 heavy (non-hydrogen) atoms. The molecule has 13 nitrogen and oxygen atoms in total. The van der Waals surface area contributed by atoms with Crippen LogP contribution >= 0.6 is 0 Å². The van der Waals surface area contributed by atoms with Crippen molar-refractivity contribution < 1.29 is 62.9 Å². The van der Waals surface area contributed by atoms with Crippen LogP contribution in [0.25, 0.3) is 0 Å². The fraction of sp³-hybridized carbons (Fsp3) is 0.875. The smallest absolute Gasteiger partial charge is 0.311 e. The number of nitrogens with zero attached hydrogens (tertiary/aromatic N) is 1.